The standard InChI is InChI=1S/C25H19N5.C25H23N3O.C2H3N.H13P11/c1-17-23(19-11-7-4-8-12-19)29-30(16-18-9-5-3-6-10-18)24(17)25-27-21-14-13-20(26-2)15-22(21)28-25;1-18-24(23(29)16-21-14-8-9-15-22(21)26)27-28(17-19-10-4-2-5-11-19)25(18)20-12-6-3-7-13-20;1-3-2;1-7-10(6)11(8(2)3)9(4)5/h3-15H,16H2,1H3,(H,27,28);2-15H,16-17,26H2,1H3;1H3;7H,1-6H2. The SMILES string of the molecule is Cc1c(C(=O)Cc2ccccc2N)nn(Cc2ccccc2)c1-c1ccccc1.PPP(P)P(P(P)P)P(P)P.[C-]#[N+]C.[C-]#[N+]c1ccc2nc(-c3c(C)c(-c4ccccc4)nn3Cc3ccccc3)[nH]c2c1. The van der Waals surface area contributed by atoms with Crippen LogP contribution in [0.3, 0.4) is 0 Å². The number of carbonyl (C=O) groups is 1. The number of nitrogen functional groups attached to an aromatic ring is 1. The van der Waals surface area contributed by atoms with Crippen LogP contribution in [-0.4, -0.2) is 42.4 Å². The lowest BCUT2D eigenvalue weighted by atomic mass is 10.0. The van der Waals surface area contributed by atoms with Crippen LogP contribution in [0.15, 0.2) is 164 Å². The Hall–Kier alpha value is -3.61. The Morgan fingerprint density at radius 1 is 0.685 bits per heavy atom. The summed E-state index contributed by atoms with van der Waals surface area (Å²) in [6, 6.07) is 53.7. The van der Waals surface area contributed by atoms with Gasteiger partial charge in [0, 0.05) is 34.4 Å². The fraction of sp³-hybridized carbons (Fsp3) is 0.115. The van der Waals surface area contributed by atoms with Crippen LogP contribution in [0.25, 0.3) is 54.8 Å². The Morgan fingerprint density at radius 3 is 1.70 bits per heavy atom. The molecule has 0 fully saturated rings. The van der Waals surface area contributed by atoms with Crippen LogP contribution in [0.1, 0.15) is 38.3 Å². The van der Waals surface area contributed by atoms with E-state index in [2.05, 4.69) is 124 Å². The average molecular weight is 1170 g/mol. The van der Waals surface area contributed by atoms with Gasteiger partial charge in [0.15, 0.2) is 17.3 Å². The highest BCUT2D eigenvalue weighted by atomic mass is 33.2. The van der Waals surface area contributed by atoms with Crippen molar-refractivity contribution >= 4 is 118 Å². The first-order valence-corrected chi connectivity index (χ1v) is 41.7. The summed E-state index contributed by atoms with van der Waals surface area (Å²) < 4.78 is 3.95. The fourth-order valence-electron chi connectivity index (χ4n) is 7.77. The molecule has 0 aliphatic carbocycles. The summed E-state index contributed by atoms with van der Waals surface area (Å²) in [5.41, 5.74) is 19.6. The number of fused-ring (bicyclic) bond motifs is 1. The van der Waals surface area contributed by atoms with E-state index >= 15 is 0 Å². The molecule has 8 atom stereocenters. The van der Waals surface area contributed by atoms with Crippen molar-refractivity contribution in [2.45, 2.75) is 33.4 Å². The maximum Gasteiger partial charge on any atom is 0.205 e. The first kappa shape index (κ1) is 58.6. The molecule has 0 amide bonds. The van der Waals surface area contributed by atoms with Crippen molar-refractivity contribution in [3.63, 3.8) is 0 Å². The van der Waals surface area contributed by atoms with Crippen molar-refractivity contribution in [3.05, 3.63) is 220 Å². The molecule has 0 saturated heterocycles. The number of benzene rings is 6. The number of ketones is 1. The molecule has 8 unspecified atom stereocenters. The topological polar surface area (TPSA) is 116 Å². The number of Topliss-reactive ketones (excluding diaryl/α,β-unsaturated/α-hetero) is 1. The van der Waals surface area contributed by atoms with Gasteiger partial charge in [0.1, 0.15) is 11.4 Å². The molecule has 3 N–H and O–H groups in total. The number of anilines is 1. The van der Waals surface area contributed by atoms with Gasteiger partial charge in [-0.05, 0) is 76.7 Å². The quantitative estimate of drug-likeness (QED) is 0.0487. The van der Waals surface area contributed by atoms with Crippen molar-refractivity contribution in [3.8, 4) is 34.0 Å². The number of aromatic amines is 1. The van der Waals surface area contributed by atoms with Crippen molar-refractivity contribution in [1.82, 2.24) is 29.5 Å². The summed E-state index contributed by atoms with van der Waals surface area (Å²) in [4.78, 5) is 27.6. The molecule has 3 heterocycles. The minimum atomic E-state index is -0.0237. The number of nitrogens with one attached hydrogen (secondary N) is 1. The van der Waals surface area contributed by atoms with Crippen LogP contribution < -0.4 is 5.73 Å². The van der Waals surface area contributed by atoms with Crippen molar-refractivity contribution in [2.24, 2.45) is 0 Å². The minimum Gasteiger partial charge on any atom is -0.398 e. The normalized spacial score (nSPS) is 11.3. The van der Waals surface area contributed by atoms with Crippen LogP contribution in [-0.2, 0) is 19.5 Å². The Bertz CT molecular complexity index is 3280. The van der Waals surface area contributed by atoms with Gasteiger partial charge in [-0.15, -0.1) is 53.6 Å². The Balaban J connectivity index is 0.000000190. The zero-order valence-electron chi connectivity index (χ0n) is 40.6. The predicted molar refractivity (Wildman–Crippen MR) is 343 cm³/mol. The number of rotatable bonds is 14. The van der Waals surface area contributed by atoms with Gasteiger partial charge in [0.25, 0.3) is 0 Å². The number of nitrogens with zero attached hydrogens (tertiary/aromatic N) is 7. The molecule has 73 heavy (non-hydrogen) atoms. The zero-order valence-corrected chi connectivity index (χ0v) is 52.1. The summed E-state index contributed by atoms with van der Waals surface area (Å²) >= 11 is 0. The Kier molecular flexibility index (Phi) is 23.8. The van der Waals surface area contributed by atoms with Crippen molar-refractivity contribution in [1.29, 1.82) is 0 Å². The van der Waals surface area contributed by atoms with Crippen LogP contribution in [0.4, 0.5) is 11.4 Å². The van der Waals surface area contributed by atoms with E-state index in [1.54, 1.807) is 6.07 Å². The molecule has 21 heteroatoms. The molecule has 3 aromatic heterocycles. The van der Waals surface area contributed by atoms with E-state index in [0.29, 0.717) is 30.2 Å². The number of carbonyl (C=O) groups excluding carboxylic acids is 1. The van der Waals surface area contributed by atoms with Crippen molar-refractivity contribution < 1.29 is 4.79 Å². The highest BCUT2D eigenvalue weighted by Gasteiger charge is 2.24. The Labute approximate surface area is 449 Å². The van der Waals surface area contributed by atoms with E-state index in [0.717, 1.165) is 75.3 Å². The fourth-order valence-corrected chi connectivity index (χ4v) is 103. The lowest BCUT2D eigenvalue weighted by Crippen LogP contribution is -2.09. The number of hydrogen-bond acceptors (Lipinski definition) is 5. The molecule has 10 nitrogen and oxygen atoms in total. The first-order chi connectivity index (χ1) is 35.3. The lowest BCUT2D eigenvalue weighted by Gasteiger charge is -2.29. The molecular formula is C52H58N9OP11. The molecule has 0 aliphatic rings. The van der Waals surface area contributed by atoms with Gasteiger partial charge in [-0.1, -0.05) is 154 Å². The summed E-state index contributed by atoms with van der Waals surface area (Å²) in [5, 5.41) is 9.70. The highest BCUT2D eigenvalue weighted by molar-refractivity contribution is 9.18. The summed E-state index contributed by atoms with van der Waals surface area (Å²) in [5.74, 6) is 0.736. The molecule has 9 rings (SSSR count). The van der Waals surface area contributed by atoms with E-state index in [9.17, 15) is 4.79 Å². The van der Waals surface area contributed by atoms with E-state index < -0.39 is 0 Å². The molecule has 0 bridgehead atoms. The molecule has 9 aromatic rings. The summed E-state index contributed by atoms with van der Waals surface area (Å²) in [6.45, 7) is 19.2. The second kappa shape index (κ2) is 29.6. The van der Waals surface area contributed by atoms with Crippen LogP contribution in [0, 0.1) is 27.0 Å². The number of aromatic nitrogens is 6. The third-order valence-electron chi connectivity index (χ3n) is 11.1. The highest BCUT2D eigenvalue weighted by Crippen LogP contribution is 3.12. The Morgan fingerprint density at radius 2 is 1.19 bits per heavy atom. The summed E-state index contributed by atoms with van der Waals surface area (Å²) in [6.07, 6.45) is 0.240. The van der Waals surface area contributed by atoms with E-state index in [1.165, 1.54) is 12.6 Å². The monoisotopic (exact) mass is 1170 g/mol. The lowest BCUT2D eigenvalue weighted by molar-refractivity contribution is 0.0987. The van der Waals surface area contributed by atoms with Gasteiger partial charge in [-0.3, -0.25) is 14.2 Å². The van der Waals surface area contributed by atoms with Gasteiger partial charge in [0.05, 0.1) is 42.1 Å². The van der Waals surface area contributed by atoms with Gasteiger partial charge in [-0.25, -0.2) is 16.4 Å². The van der Waals surface area contributed by atoms with Gasteiger partial charge in [-0.2, -0.15) is 10.2 Å². The molecule has 372 valence electrons. The second-order valence-electron chi connectivity index (χ2n) is 16.1. The largest absolute Gasteiger partial charge is 0.398 e. The van der Waals surface area contributed by atoms with Crippen molar-refractivity contribution in [2.75, 3.05) is 12.8 Å². The second-order valence-corrected chi connectivity index (χ2v) is 55.1. The first-order valence-electron chi connectivity index (χ1n) is 22.5. The number of para-hydroxylation sites is 1. The molecule has 0 aliphatic heterocycles. The van der Waals surface area contributed by atoms with Crippen LogP contribution >= 0.6 is 89.5 Å². The maximum absolute atomic E-state index is 13.1. The molecule has 0 saturated carbocycles. The van der Waals surface area contributed by atoms with E-state index in [4.69, 9.17) is 34.1 Å². The van der Waals surface area contributed by atoms with E-state index in [-0.39, 0.29) is 40.2 Å². The number of imidazole rings is 1. The van der Waals surface area contributed by atoms with Crippen LogP contribution in [0.2, 0.25) is 0 Å². The van der Waals surface area contributed by atoms with Gasteiger partial charge < -0.3 is 15.6 Å². The number of hydrogen-bond donors (Lipinski definition) is 2. The molecule has 6 aromatic carbocycles. The smallest absolute Gasteiger partial charge is 0.205 e. The van der Waals surface area contributed by atoms with Crippen LogP contribution in [0.5, 0.6) is 0 Å². The third kappa shape index (κ3) is 16.2. The zero-order chi connectivity index (χ0) is 52.4. The number of nitrogens with two attached hydrogens (primary N) is 1. The molecule has 0 spiro atoms. The molecule has 0 radical (unpaired) electrons. The van der Waals surface area contributed by atoms with E-state index in [1.807, 2.05) is 125 Å². The molecular weight excluding hydrogens is 1110 g/mol. The maximum atomic E-state index is 13.1. The average Bonchev–Trinajstić information content (AvgIpc) is 4.07. The third-order valence-corrected chi connectivity index (χ3v) is 70.1. The van der Waals surface area contributed by atoms with Gasteiger partial charge in [0.2, 0.25) is 7.05 Å². The predicted octanol–water partition coefficient (Wildman–Crippen LogP) is 17.4. The number of H-pyrrole nitrogens is 1. The van der Waals surface area contributed by atoms with Gasteiger partial charge >= 0.3 is 0 Å². The summed E-state index contributed by atoms with van der Waals surface area (Å²) in [7, 11) is 20.3. The minimum absolute atomic E-state index is 0.0237.